The summed E-state index contributed by atoms with van der Waals surface area (Å²) >= 11 is 0. The van der Waals surface area contributed by atoms with Crippen LogP contribution in [0.3, 0.4) is 0 Å². The lowest BCUT2D eigenvalue weighted by atomic mass is 10.0. The third-order valence-corrected chi connectivity index (χ3v) is 2.62. The molecule has 0 saturated carbocycles. The van der Waals surface area contributed by atoms with Gasteiger partial charge in [0.05, 0.1) is 0 Å². The van der Waals surface area contributed by atoms with Crippen molar-refractivity contribution in [3.63, 3.8) is 0 Å². The van der Waals surface area contributed by atoms with E-state index in [9.17, 15) is 0 Å². The van der Waals surface area contributed by atoms with Crippen LogP contribution in [0.5, 0.6) is 5.75 Å². The smallest absolute Gasteiger partial charge is 0.123 e. The highest BCUT2D eigenvalue weighted by Gasteiger charge is 2.26. The summed E-state index contributed by atoms with van der Waals surface area (Å²) in [7, 11) is 0. The Balaban J connectivity index is 2.14. The molecule has 2 rings (SSSR count). The van der Waals surface area contributed by atoms with E-state index < -0.39 is 0 Å². The number of para-hydroxylation sites is 1. The molecule has 0 saturated heterocycles. The highest BCUT2D eigenvalue weighted by molar-refractivity contribution is 5.37. The zero-order valence-electron chi connectivity index (χ0n) is 7.86. The van der Waals surface area contributed by atoms with E-state index in [4.69, 9.17) is 10.5 Å². The molecule has 2 unspecified atom stereocenters. The molecule has 1 aromatic carbocycles. The molecule has 0 radical (unpaired) electrons. The molecule has 0 spiro atoms. The quantitative estimate of drug-likeness (QED) is 0.746. The second-order valence-corrected chi connectivity index (χ2v) is 3.54. The molecule has 0 fully saturated rings. The Morgan fingerprint density at radius 1 is 1.54 bits per heavy atom. The van der Waals surface area contributed by atoms with Crippen molar-refractivity contribution in [3.8, 4) is 5.75 Å². The fourth-order valence-electron chi connectivity index (χ4n) is 1.71. The van der Waals surface area contributed by atoms with E-state index in [1.165, 1.54) is 5.56 Å². The molecule has 70 valence electrons. The van der Waals surface area contributed by atoms with Crippen molar-refractivity contribution >= 4 is 0 Å². The monoisotopic (exact) mass is 177 g/mol. The number of rotatable bonds is 2. The molecule has 1 aromatic rings. The van der Waals surface area contributed by atoms with Crippen LogP contribution in [0.1, 0.15) is 18.9 Å². The number of nitrogens with two attached hydrogens (primary N) is 1. The van der Waals surface area contributed by atoms with E-state index in [-0.39, 0.29) is 12.1 Å². The molecular weight excluding hydrogens is 162 g/mol. The predicted octanol–water partition coefficient (Wildman–Crippen LogP) is 1.73. The summed E-state index contributed by atoms with van der Waals surface area (Å²) in [5.74, 6) is 1.01. The lowest BCUT2D eigenvalue weighted by Gasteiger charge is -2.16. The Kier molecular flexibility index (Phi) is 2.23. The molecule has 13 heavy (non-hydrogen) atoms. The molecule has 2 nitrogen and oxygen atoms in total. The van der Waals surface area contributed by atoms with Crippen LogP contribution < -0.4 is 10.5 Å². The van der Waals surface area contributed by atoms with Gasteiger partial charge in [0, 0.05) is 12.5 Å². The highest BCUT2D eigenvalue weighted by atomic mass is 16.5. The Morgan fingerprint density at radius 2 is 2.31 bits per heavy atom. The third-order valence-electron chi connectivity index (χ3n) is 2.62. The molecular formula is C11H15NO. The average molecular weight is 177 g/mol. The number of hydrogen-bond acceptors (Lipinski definition) is 2. The van der Waals surface area contributed by atoms with Gasteiger partial charge in [0.25, 0.3) is 0 Å². The van der Waals surface area contributed by atoms with Crippen molar-refractivity contribution < 1.29 is 4.74 Å². The van der Waals surface area contributed by atoms with Crippen molar-refractivity contribution in [2.75, 3.05) is 0 Å². The van der Waals surface area contributed by atoms with Crippen LogP contribution in [-0.2, 0) is 6.42 Å². The van der Waals surface area contributed by atoms with Crippen molar-refractivity contribution in [2.24, 2.45) is 5.73 Å². The SMILES string of the molecule is CCC(N)C1Cc2ccccc2O1. The van der Waals surface area contributed by atoms with Crippen LogP contribution in [-0.4, -0.2) is 12.1 Å². The molecule has 0 aromatic heterocycles. The van der Waals surface area contributed by atoms with Crippen LogP contribution in [0.2, 0.25) is 0 Å². The Bertz CT molecular complexity index is 273. The summed E-state index contributed by atoms with van der Waals surface area (Å²) in [5, 5.41) is 0. The third kappa shape index (κ3) is 1.54. The van der Waals surface area contributed by atoms with E-state index in [2.05, 4.69) is 13.0 Å². The topological polar surface area (TPSA) is 35.2 Å². The molecule has 0 bridgehead atoms. The van der Waals surface area contributed by atoms with Gasteiger partial charge >= 0.3 is 0 Å². The van der Waals surface area contributed by atoms with E-state index in [0.717, 1.165) is 18.6 Å². The molecule has 1 aliphatic rings. The normalized spacial score (nSPS) is 22.2. The molecule has 2 N–H and O–H groups in total. The standard InChI is InChI=1S/C11H15NO/c1-2-9(12)11-7-8-5-3-4-6-10(8)13-11/h3-6,9,11H,2,7,12H2,1H3. The van der Waals surface area contributed by atoms with Gasteiger partial charge in [-0.25, -0.2) is 0 Å². The van der Waals surface area contributed by atoms with Crippen molar-refractivity contribution in [1.82, 2.24) is 0 Å². The molecule has 2 heteroatoms. The largest absolute Gasteiger partial charge is 0.488 e. The van der Waals surface area contributed by atoms with Gasteiger partial charge in [0.1, 0.15) is 11.9 Å². The van der Waals surface area contributed by atoms with Crippen molar-refractivity contribution in [3.05, 3.63) is 29.8 Å². The van der Waals surface area contributed by atoms with Gasteiger partial charge in [-0.3, -0.25) is 0 Å². The molecule has 1 heterocycles. The number of ether oxygens (including phenoxy) is 1. The summed E-state index contributed by atoms with van der Waals surface area (Å²) in [4.78, 5) is 0. The average Bonchev–Trinajstić information content (AvgIpc) is 2.59. The Morgan fingerprint density at radius 3 is 3.00 bits per heavy atom. The first kappa shape index (κ1) is 8.57. The fraction of sp³-hybridized carbons (Fsp3) is 0.455. The van der Waals surface area contributed by atoms with E-state index in [0.29, 0.717) is 0 Å². The van der Waals surface area contributed by atoms with Crippen LogP contribution in [0.15, 0.2) is 24.3 Å². The maximum absolute atomic E-state index is 5.93. The van der Waals surface area contributed by atoms with Gasteiger partial charge in [-0.05, 0) is 18.1 Å². The van der Waals surface area contributed by atoms with Gasteiger partial charge in [-0.15, -0.1) is 0 Å². The second kappa shape index (κ2) is 3.38. The zero-order chi connectivity index (χ0) is 9.26. The summed E-state index contributed by atoms with van der Waals surface area (Å²) < 4.78 is 5.73. The van der Waals surface area contributed by atoms with E-state index in [1.807, 2.05) is 18.2 Å². The van der Waals surface area contributed by atoms with Crippen LogP contribution in [0.25, 0.3) is 0 Å². The maximum Gasteiger partial charge on any atom is 0.123 e. The van der Waals surface area contributed by atoms with Crippen LogP contribution >= 0.6 is 0 Å². The Labute approximate surface area is 78.7 Å². The van der Waals surface area contributed by atoms with Crippen LogP contribution in [0, 0.1) is 0 Å². The first-order valence-corrected chi connectivity index (χ1v) is 4.81. The Hall–Kier alpha value is -1.02. The van der Waals surface area contributed by atoms with Gasteiger partial charge in [-0.2, -0.15) is 0 Å². The molecule has 0 aliphatic carbocycles. The van der Waals surface area contributed by atoms with E-state index >= 15 is 0 Å². The van der Waals surface area contributed by atoms with Gasteiger partial charge in [0.15, 0.2) is 0 Å². The molecule has 0 amide bonds. The predicted molar refractivity (Wildman–Crippen MR) is 52.8 cm³/mol. The number of hydrogen-bond donors (Lipinski definition) is 1. The summed E-state index contributed by atoms with van der Waals surface area (Å²) in [6, 6.07) is 8.32. The van der Waals surface area contributed by atoms with Crippen LogP contribution in [0.4, 0.5) is 0 Å². The highest BCUT2D eigenvalue weighted by Crippen LogP contribution is 2.29. The minimum absolute atomic E-state index is 0.160. The number of benzene rings is 1. The number of fused-ring (bicyclic) bond motifs is 1. The summed E-state index contributed by atoms with van der Waals surface area (Å²) in [6.45, 7) is 2.09. The first-order chi connectivity index (χ1) is 6.31. The lowest BCUT2D eigenvalue weighted by Crippen LogP contribution is -2.37. The zero-order valence-corrected chi connectivity index (χ0v) is 7.86. The van der Waals surface area contributed by atoms with Gasteiger partial charge in [-0.1, -0.05) is 25.1 Å². The minimum atomic E-state index is 0.160. The minimum Gasteiger partial charge on any atom is -0.488 e. The lowest BCUT2D eigenvalue weighted by molar-refractivity contribution is 0.196. The van der Waals surface area contributed by atoms with E-state index in [1.54, 1.807) is 0 Å². The molecule has 2 atom stereocenters. The fourth-order valence-corrected chi connectivity index (χ4v) is 1.71. The molecule has 1 aliphatic heterocycles. The van der Waals surface area contributed by atoms with Gasteiger partial charge in [0.2, 0.25) is 0 Å². The van der Waals surface area contributed by atoms with Crippen molar-refractivity contribution in [1.29, 1.82) is 0 Å². The summed E-state index contributed by atoms with van der Waals surface area (Å²) in [5.41, 5.74) is 7.22. The maximum atomic E-state index is 5.93. The van der Waals surface area contributed by atoms with Crippen molar-refractivity contribution in [2.45, 2.75) is 31.9 Å². The second-order valence-electron chi connectivity index (χ2n) is 3.54. The first-order valence-electron chi connectivity index (χ1n) is 4.81. The summed E-state index contributed by atoms with van der Waals surface area (Å²) in [6.07, 6.45) is 2.12. The van der Waals surface area contributed by atoms with Gasteiger partial charge < -0.3 is 10.5 Å².